The Morgan fingerprint density at radius 3 is 1.65 bits per heavy atom. The van der Waals surface area contributed by atoms with Crippen molar-refractivity contribution < 1.29 is 9.59 Å². The zero-order valence-corrected chi connectivity index (χ0v) is 35.6. The van der Waals surface area contributed by atoms with E-state index in [0.29, 0.717) is 29.9 Å². The highest BCUT2D eigenvalue weighted by Gasteiger charge is 2.26. The molecule has 0 aliphatic heterocycles. The summed E-state index contributed by atoms with van der Waals surface area (Å²) in [5, 5.41) is 8.90. The summed E-state index contributed by atoms with van der Waals surface area (Å²) in [6.45, 7) is 7.48. The lowest BCUT2D eigenvalue weighted by Crippen LogP contribution is -2.46. The third-order valence-corrected chi connectivity index (χ3v) is 10.6. The van der Waals surface area contributed by atoms with Crippen LogP contribution in [0.3, 0.4) is 0 Å². The average molecular weight is 819 g/mol. The Balaban J connectivity index is 0.000000190. The van der Waals surface area contributed by atoms with Crippen LogP contribution in [0, 0.1) is 0 Å². The molecule has 0 fully saturated rings. The quantitative estimate of drug-likeness (QED) is 0.0978. The SMILES string of the molecule is CCCCN(CCCC)c1ccccc1C(=O)Nc1cnc2ccccc2c1.O=C(c1ccccc1)N(c1cnc2ccccc2c1)N(Cc1ccccc1)Cc1ccccc1. The zero-order valence-electron chi connectivity index (χ0n) is 35.6. The van der Waals surface area contributed by atoms with Crippen LogP contribution in [0.1, 0.15) is 71.4 Å². The van der Waals surface area contributed by atoms with Crippen molar-refractivity contribution in [1.82, 2.24) is 15.0 Å². The minimum absolute atomic E-state index is 0.0920. The van der Waals surface area contributed by atoms with E-state index in [4.69, 9.17) is 0 Å². The first kappa shape index (κ1) is 42.9. The van der Waals surface area contributed by atoms with Crippen LogP contribution >= 0.6 is 0 Å². The number of aromatic nitrogens is 2. The maximum Gasteiger partial charge on any atom is 0.272 e. The second-order valence-corrected chi connectivity index (χ2v) is 15.2. The Kier molecular flexibility index (Phi) is 15.2. The van der Waals surface area contributed by atoms with Crippen LogP contribution in [0.5, 0.6) is 0 Å². The van der Waals surface area contributed by atoms with Gasteiger partial charge in [0.2, 0.25) is 0 Å². The van der Waals surface area contributed by atoms with E-state index >= 15 is 0 Å². The van der Waals surface area contributed by atoms with Gasteiger partial charge in [0.25, 0.3) is 11.8 Å². The normalized spacial score (nSPS) is 10.9. The molecule has 0 spiro atoms. The maximum atomic E-state index is 14.0. The molecule has 0 bridgehead atoms. The Labute approximate surface area is 365 Å². The highest BCUT2D eigenvalue weighted by Crippen LogP contribution is 2.27. The number of anilines is 3. The number of unbranched alkanes of at least 4 members (excludes halogenated alkanes) is 2. The van der Waals surface area contributed by atoms with Crippen molar-refractivity contribution in [1.29, 1.82) is 0 Å². The van der Waals surface area contributed by atoms with Crippen molar-refractivity contribution in [3.8, 4) is 0 Å². The van der Waals surface area contributed by atoms with Crippen LogP contribution < -0.4 is 15.2 Å². The smallest absolute Gasteiger partial charge is 0.272 e. The lowest BCUT2D eigenvalue weighted by atomic mass is 10.1. The largest absolute Gasteiger partial charge is 0.371 e. The van der Waals surface area contributed by atoms with Gasteiger partial charge in [0.15, 0.2) is 0 Å². The first-order chi connectivity index (χ1) is 30.5. The number of nitrogens with zero attached hydrogens (tertiary/aromatic N) is 5. The number of para-hydroxylation sites is 3. The van der Waals surface area contributed by atoms with Gasteiger partial charge >= 0.3 is 0 Å². The predicted molar refractivity (Wildman–Crippen MR) is 255 cm³/mol. The highest BCUT2D eigenvalue weighted by atomic mass is 16.2. The molecule has 0 aliphatic rings. The second-order valence-electron chi connectivity index (χ2n) is 15.2. The first-order valence-corrected chi connectivity index (χ1v) is 21.6. The number of carbonyl (C=O) groups is 2. The minimum atomic E-state index is -0.0930. The summed E-state index contributed by atoms with van der Waals surface area (Å²) in [5.74, 6) is -0.185. The number of hydrazine groups is 1. The van der Waals surface area contributed by atoms with Crippen LogP contribution in [0.4, 0.5) is 17.1 Å². The van der Waals surface area contributed by atoms with Crippen LogP contribution in [0.2, 0.25) is 0 Å². The number of carbonyl (C=O) groups excluding carboxylic acids is 2. The number of amides is 2. The molecule has 0 saturated heterocycles. The Morgan fingerprint density at radius 1 is 0.548 bits per heavy atom. The molecule has 0 unspecified atom stereocenters. The molecule has 62 heavy (non-hydrogen) atoms. The van der Waals surface area contributed by atoms with E-state index in [-0.39, 0.29) is 11.8 Å². The van der Waals surface area contributed by atoms with Crippen molar-refractivity contribution >= 4 is 50.7 Å². The molecule has 8 aromatic rings. The number of rotatable bonds is 16. The van der Waals surface area contributed by atoms with Gasteiger partial charge in [0.05, 0.1) is 40.4 Å². The number of benzene rings is 6. The molecule has 1 N–H and O–H groups in total. The fourth-order valence-corrected chi connectivity index (χ4v) is 7.40. The van der Waals surface area contributed by atoms with E-state index in [1.54, 1.807) is 17.4 Å². The van der Waals surface area contributed by atoms with E-state index in [1.165, 1.54) is 0 Å². The van der Waals surface area contributed by atoms with Gasteiger partial charge in [-0.2, -0.15) is 0 Å². The van der Waals surface area contributed by atoms with Crippen LogP contribution in [-0.4, -0.2) is 39.9 Å². The summed E-state index contributed by atoms with van der Waals surface area (Å²) in [4.78, 5) is 38.5. The van der Waals surface area contributed by atoms with Gasteiger partial charge in [0, 0.05) is 48.2 Å². The van der Waals surface area contributed by atoms with Gasteiger partial charge < -0.3 is 10.2 Å². The van der Waals surface area contributed by atoms with Crippen LogP contribution in [0.15, 0.2) is 188 Å². The molecule has 8 heteroatoms. The second kappa shape index (κ2) is 21.9. The fraction of sp³-hybridized carbons (Fsp3) is 0.185. The Hall–Kier alpha value is -7.16. The summed E-state index contributed by atoms with van der Waals surface area (Å²) in [5.41, 5.74) is 7.87. The molecular formula is C54H54N6O2. The lowest BCUT2D eigenvalue weighted by molar-refractivity contribution is 0.0878. The molecule has 6 aromatic carbocycles. The molecule has 2 aromatic heterocycles. The number of hydrogen-bond acceptors (Lipinski definition) is 6. The molecule has 312 valence electrons. The van der Waals surface area contributed by atoms with E-state index < -0.39 is 0 Å². The molecule has 0 saturated carbocycles. The minimum Gasteiger partial charge on any atom is -0.371 e. The van der Waals surface area contributed by atoms with Crippen molar-refractivity contribution in [2.75, 3.05) is 28.3 Å². The van der Waals surface area contributed by atoms with Crippen LogP contribution in [-0.2, 0) is 13.1 Å². The molecule has 2 heterocycles. The monoisotopic (exact) mass is 818 g/mol. The van der Waals surface area contributed by atoms with E-state index in [9.17, 15) is 9.59 Å². The number of hydrogen-bond donors (Lipinski definition) is 1. The van der Waals surface area contributed by atoms with E-state index in [0.717, 1.165) is 83.1 Å². The van der Waals surface area contributed by atoms with Crippen molar-refractivity contribution in [3.63, 3.8) is 0 Å². The zero-order chi connectivity index (χ0) is 42.9. The molecule has 8 rings (SSSR count). The van der Waals surface area contributed by atoms with Gasteiger partial charge in [-0.1, -0.05) is 154 Å². The molecule has 0 aliphatic carbocycles. The Bertz CT molecular complexity index is 2610. The summed E-state index contributed by atoms with van der Waals surface area (Å²) in [6.07, 6.45) is 8.02. The summed E-state index contributed by atoms with van der Waals surface area (Å²) in [7, 11) is 0. The standard InChI is InChI=1S/C30H25N3O.C24H29N3O/c34-30(26-16-8-3-9-17-26)33(28-20-27-18-10-11-19-29(27)31-21-28)32(22-24-12-4-1-5-13-24)23-25-14-6-2-7-15-25;1-3-5-15-27(16-6-4-2)23-14-10-8-12-21(23)24(28)26-20-17-19-11-7-9-13-22(19)25-18-20/h1-21H,22-23H2;7-14,17-18H,3-6,15-16H2,1-2H3,(H,26,28). The Morgan fingerprint density at radius 2 is 1.05 bits per heavy atom. The van der Waals surface area contributed by atoms with Gasteiger partial charge in [-0.25, -0.2) is 10.0 Å². The average Bonchev–Trinajstić information content (AvgIpc) is 3.32. The van der Waals surface area contributed by atoms with Gasteiger partial charge in [-0.3, -0.25) is 19.6 Å². The third kappa shape index (κ3) is 11.4. The summed E-state index contributed by atoms with van der Waals surface area (Å²) >= 11 is 0. The molecular weight excluding hydrogens is 765 g/mol. The van der Waals surface area contributed by atoms with Crippen molar-refractivity contribution in [3.05, 3.63) is 211 Å². The molecule has 0 atom stereocenters. The van der Waals surface area contributed by atoms with Crippen molar-refractivity contribution in [2.24, 2.45) is 0 Å². The number of fused-ring (bicyclic) bond motifs is 2. The number of pyridine rings is 2. The molecule has 8 nitrogen and oxygen atoms in total. The molecule has 2 amide bonds. The van der Waals surface area contributed by atoms with Gasteiger partial charge in [0.1, 0.15) is 0 Å². The maximum absolute atomic E-state index is 14.0. The third-order valence-electron chi connectivity index (χ3n) is 10.6. The van der Waals surface area contributed by atoms with Crippen LogP contribution in [0.25, 0.3) is 21.8 Å². The topological polar surface area (TPSA) is 81.7 Å². The summed E-state index contributed by atoms with van der Waals surface area (Å²) in [6, 6.07) is 57.6. The predicted octanol–water partition coefficient (Wildman–Crippen LogP) is 12.4. The fourth-order valence-electron chi connectivity index (χ4n) is 7.40. The van der Waals surface area contributed by atoms with Gasteiger partial charge in [-0.05, 0) is 72.5 Å². The number of nitrogens with one attached hydrogen (secondary N) is 1. The van der Waals surface area contributed by atoms with Crippen molar-refractivity contribution in [2.45, 2.75) is 52.6 Å². The van der Waals surface area contributed by atoms with Gasteiger partial charge in [-0.15, -0.1) is 0 Å². The first-order valence-electron chi connectivity index (χ1n) is 21.6. The lowest BCUT2D eigenvalue weighted by Gasteiger charge is -2.35. The summed E-state index contributed by atoms with van der Waals surface area (Å²) < 4.78 is 0. The molecule has 0 radical (unpaired) electrons. The van der Waals surface area contributed by atoms with E-state index in [2.05, 4.69) is 69.4 Å². The van der Waals surface area contributed by atoms with E-state index in [1.807, 2.05) is 146 Å². The highest BCUT2D eigenvalue weighted by molar-refractivity contribution is 6.09.